The van der Waals surface area contributed by atoms with Crippen LogP contribution in [0.2, 0.25) is 0 Å². The first kappa shape index (κ1) is 40.6. The van der Waals surface area contributed by atoms with Crippen LogP contribution in [0.25, 0.3) is 0 Å². The summed E-state index contributed by atoms with van der Waals surface area (Å²) in [5, 5.41) is 39.8. The van der Waals surface area contributed by atoms with E-state index in [0.29, 0.717) is 12.0 Å². The van der Waals surface area contributed by atoms with E-state index in [1.165, 1.54) is 6.92 Å². The molecule has 1 aliphatic heterocycles. The molecule has 1 saturated heterocycles. The van der Waals surface area contributed by atoms with Gasteiger partial charge in [-0.15, -0.1) is 0 Å². The number of amides is 1. The van der Waals surface area contributed by atoms with Crippen LogP contribution < -0.4 is 5.32 Å². The summed E-state index contributed by atoms with van der Waals surface area (Å²) in [6.07, 6.45) is -8.14. The fourth-order valence-corrected chi connectivity index (χ4v) is 10.2. The number of hydrogen-bond acceptors (Lipinski definition) is 13. The maximum Gasteiger partial charge on any atom is 0.408 e. The molecule has 4 N–H and O–H groups in total. The third-order valence-electron chi connectivity index (χ3n) is 12.9. The summed E-state index contributed by atoms with van der Waals surface area (Å²) in [6.45, 7) is 10.9. The summed E-state index contributed by atoms with van der Waals surface area (Å²) < 4.78 is 29.9. The second kappa shape index (κ2) is 14.0. The van der Waals surface area contributed by atoms with Gasteiger partial charge in [-0.3, -0.25) is 9.59 Å². The molecule has 0 unspecified atom stereocenters. The number of ketones is 1. The Labute approximate surface area is 330 Å². The van der Waals surface area contributed by atoms with E-state index in [2.05, 4.69) is 5.32 Å². The molecule has 306 valence electrons. The highest BCUT2D eigenvalue weighted by Gasteiger charge is 2.83. The number of carbonyl (C=O) groups excluding carboxylic acids is 5. The quantitative estimate of drug-likeness (QED) is 0.171. The van der Waals surface area contributed by atoms with Crippen molar-refractivity contribution in [1.82, 2.24) is 5.32 Å². The Bertz CT molecular complexity index is 1990. The minimum atomic E-state index is -2.20. The Hall–Kier alpha value is -4.63. The van der Waals surface area contributed by atoms with Crippen molar-refractivity contribution in [3.63, 3.8) is 0 Å². The SMILES string of the molecule is CC(=O)O[C@@]12CO[C@@H]1C[C@@H]1C[C@@]13C(=O)[C@H](O)C1=C(C)[C@@H](OC(=O)[C@H](O)[C@@H](NC(=O)OC(C)(C)C)c4ccccc4)C[C@@](O)([C@@H](OC(=O)c4ccccc4)[C@H]23)C1(C)C. The minimum absolute atomic E-state index is 0.0767. The number of ether oxygens (including phenoxy) is 5. The van der Waals surface area contributed by atoms with Gasteiger partial charge in [0.15, 0.2) is 17.5 Å². The van der Waals surface area contributed by atoms with Crippen LogP contribution in [0.1, 0.15) is 89.7 Å². The molecule has 1 amide bonds. The maximum absolute atomic E-state index is 14.9. The Morgan fingerprint density at radius 2 is 1.60 bits per heavy atom. The predicted molar refractivity (Wildman–Crippen MR) is 200 cm³/mol. The number of aliphatic hydroxyl groups is 3. The van der Waals surface area contributed by atoms with Gasteiger partial charge in [0.2, 0.25) is 0 Å². The van der Waals surface area contributed by atoms with Crippen LogP contribution in [-0.4, -0.2) is 99.0 Å². The lowest BCUT2D eigenvalue weighted by molar-refractivity contribution is -0.323. The number of hydrogen-bond donors (Lipinski definition) is 4. The second-order valence-electron chi connectivity index (χ2n) is 17.7. The molecular formula is C43H51NO13. The van der Waals surface area contributed by atoms with Crippen LogP contribution in [-0.2, 0) is 38.1 Å². The zero-order valence-corrected chi connectivity index (χ0v) is 33.1. The van der Waals surface area contributed by atoms with Gasteiger partial charge in [0.25, 0.3) is 0 Å². The van der Waals surface area contributed by atoms with E-state index in [-0.39, 0.29) is 35.7 Å². The third kappa shape index (κ3) is 6.54. The van der Waals surface area contributed by atoms with Crippen molar-refractivity contribution < 1.29 is 63.0 Å². The van der Waals surface area contributed by atoms with Crippen molar-refractivity contribution in [1.29, 1.82) is 0 Å². The zero-order valence-electron chi connectivity index (χ0n) is 33.1. The number of alkyl carbamates (subject to hydrolysis) is 1. The summed E-state index contributed by atoms with van der Waals surface area (Å²) in [5.41, 5.74) is -6.63. The van der Waals surface area contributed by atoms with Crippen molar-refractivity contribution in [3.8, 4) is 0 Å². The van der Waals surface area contributed by atoms with Crippen molar-refractivity contribution in [2.24, 2.45) is 22.7 Å². The standard InChI is InChI=1S/C43H51NO13/c1-22-27(54-37(50)32(47)30(24-14-10-8-11-15-24)44-38(51)57-39(3,4)5)20-43(52)35(55-36(49)25-16-12-9-13-17-25)33-41(34(48)31(46)29(22)40(43,6)7)19-26(41)18-28-42(33,21-53-28)56-23(2)45/h8-17,26-28,30-33,35,46-47,52H,18-21H2,1-7H3,(H,44,51)/t26-,27+,28-,30+,31-,32-,33+,35+,41-,42+,43-/m1/s1. The molecule has 14 heteroatoms. The van der Waals surface area contributed by atoms with E-state index >= 15 is 0 Å². The van der Waals surface area contributed by atoms with Gasteiger partial charge in [0.1, 0.15) is 35.6 Å². The van der Waals surface area contributed by atoms with Crippen LogP contribution in [0, 0.1) is 22.7 Å². The van der Waals surface area contributed by atoms with Crippen molar-refractivity contribution >= 4 is 29.8 Å². The van der Waals surface area contributed by atoms with Gasteiger partial charge in [0.05, 0.1) is 24.1 Å². The highest BCUT2D eigenvalue weighted by molar-refractivity contribution is 5.96. The first-order valence-corrected chi connectivity index (χ1v) is 19.3. The number of carbonyl (C=O) groups is 5. The number of Topliss-reactive ketones (excluding diaryl/α,β-unsaturated/α-hetero) is 1. The largest absolute Gasteiger partial charge is 0.456 e. The molecule has 2 aromatic carbocycles. The van der Waals surface area contributed by atoms with Crippen LogP contribution in [0.3, 0.4) is 0 Å². The first-order chi connectivity index (χ1) is 26.7. The Kier molecular flexibility index (Phi) is 9.99. The highest BCUT2D eigenvalue weighted by atomic mass is 16.6. The number of nitrogens with one attached hydrogen (secondary N) is 1. The number of fused-ring (bicyclic) bond motifs is 4. The van der Waals surface area contributed by atoms with Gasteiger partial charge in [-0.05, 0) is 75.3 Å². The van der Waals surface area contributed by atoms with Gasteiger partial charge in [-0.25, -0.2) is 14.4 Å². The van der Waals surface area contributed by atoms with E-state index < -0.39 is 106 Å². The fraction of sp³-hybridized carbons (Fsp3) is 0.558. The van der Waals surface area contributed by atoms with E-state index in [1.807, 2.05) is 0 Å². The average Bonchev–Trinajstić information content (AvgIpc) is 3.87. The number of rotatable bonds is 8. The molecule has 1 spiro atoms. The molecule has 2 aromatic rings. The molecule has 5 aliphatic rings. The smallest absolute Gasteiger partial charge is 0.408 e. The zero-order chi connectivity index (χ0) is 41.5. The predicted octanol–water partition coefficient (Wildman–Crippen LogP) is 3.90. The van der Waals surface area contributed by atoms with Gasteiger partial charge in [0, 0.05) is 24.2 Å². The average molecular weight is 790 g/mol. The van der Waals surface area contributed by atoms with Gasteiger partial charge < -0.3 is 44.3 Å². The molecule has 4 fully saturated rings. The minimum Gasteiger partial charge on any atom is -0.456 e. The van der Waals surface area contributed by atoms with Crippen LogP contribution in [0.5, 0.6) is 0 Å². The van der Waals surface area contributed by atoms with Gasteiger partial charge >= 0.3 is 24.0 Å². The highest BCUT2D eigenvalue weighted by Crippen LogP contribution is 2.74. The van der Waals surface area contributed by atoms with Crippen molar-refractivity contribution in [3.05, 3.63) is 82.9 Å². The molecule has 1 heterocycles. The molecule has 7 rings (SSSR count). The second-order valence-corrected chi connectivity index (χ2v) is 17.7. The van der Waals surface area contributed by atoms with Gasteiger partial charge in [-0.2, -0.15) is 0 Å². The Morgan fingerprint density at radius 3 is 2.18 bits per heavy atom. The maximum atomic E-state index is 14.9. The summed E-state index contributed by atoms with van der Waals surface area (Å²) in [4.78, 5) is 68.9. The van der Waals surface area contributed by atoms with Gasteiger partial charge in [-0.1, -0.05) is 62.4 Å². The van der Waals surface area contributed by atoms with E-state index in [9.17, 15) is 39.3 Å². The van der Waals surface area contributed by atoms with Crippen LogP contribution in [0.15, 0.2) is 71.8 Å². The topological polar surface area (TPSA) is 204 Å². The normalized spacial score (nSPS) is 34.6. The molecule has 11 atom stereocenters. The molecule has 2 bridgehead atoms. The number of benzene rings is 2. The Balaban J connectivity index is 1.32. The summed E-state index contributed by atoms with van der Waals surface area (Å²) in [6, 6.07) is 15.0. The first-order valence-electron chi connectivity index (χ1n) is 19.3. The molecule has 57 heavy (non-hydrogen) atoms. The van der Waals surface area contributed by atoms with E-state index in [4.69, 9.17) is 23.7 Å². The summed E-state index contributed by atoms with van der Waals surface area (Å²) in [5.74, 6) is -4.77. The molecule has 0 radical (unpaired) electrons. The van der Waals surface area contributed by atoms with Crippen molar-refractivity contribution in [2.75, 3.05) is 6.61 Å². The molecule has 4 aliphatic carbocycles. The third-order valence-corrected chi connectivity index (χ3v) is 12.9. The fourth-order valence-electron chi connectivity index (χ4n) is 10.2. The molecule has 3 saturated carbocycles. The number of aliphatic hydroxyl groups excluding tert-OH is 2. The molecule has 0 aromatic heterocycles. The van der Waals surface area contributed by atoms with E-state index in [1.54, 1.807) is 102 Å². The molecular weight excluding hydrogens is 738 g/mol. The van der Waals surface area contributed by atoms with Crippen LogP contribution >= 0.6 is 0 Å². The summed E-state index contributed by atoms with van der Waals surface area (Å²) >= 11 is 0. The Morgan fingerprint density at radius 1 is 0.965 bits per heavy atom. The van der Waals surface area contributed by atoms with Crippen molar-refractivity contribution in [2.45, 2.75) is 121 Å². The lowest BCUT2D eigenvalue weighted by Crippen LogP contribution is -2.78. The number of esters is 3. The monoisotopic (exact) mass is 789 g/mol. The summed E-state index contributed by atoms with van der Waals surface area (Å²) in [7, 11) is 0. The lowest BCUT2D eigenvalue weighted by atomic mass is 9.48. The van der Waals surface area contributed by atoms with Crippen LogP contribution in [0.4, 0.5) is 4.79 Å². The van der Waals surface area contributed by atoms with E-state index in [0.717, 1.165) is 0 Å². The lowest BCUT2D eigenvalue weighted by Gasteiger charge is -2.64. The molecule has 14 nitrogen and oxygen atoms in total.